The number of rotatable bonds is 9. The van der Waals surface area contributed by atoms with Gasteiger partial charge in [0.2, 0.25) is 0 Å². The van der Waals surface area contributed by atoms with Crippen LogP contribution in [-0.2, 0) is 6.54 Å². The van der Waals surface area contributed by atoms with Crippen molar-refractivity contribution in [2.75, 3.05) is 20.8 Å². The molecule has 0 atom stereocenters. The van der Waals surface area contributed by atoms with Crippen LogP contribution >= 0.6 is 11.6 Å². The first-order valence-corrected chi connectivity index (χ1v) is 8.87. The third-order valence-corrected chi connectivity index (χ3v) is 4.08. The molecular weight excluding hydrogens is 352 g/mol. The molecule has 0 unspecified atom stereocenters. The normalized spacial score (nSPS) is 11.2. The molecule has 0 radical (unpaired) electrons. The maximum absolute atomic E-state index is 6.27. The van der Waals surface area contributed by atoms with E-state index in [0.29, 0.717) is 35.4 Å². The number of benzene rings is 2. The van der Waals surface area contributed by atoms with E-state index >= 15 is 0 Å². The second kappa shape index (κ2) is 9.92. The molecule has 140 valence electrons. The van der Waals surface area contributed by atoms with Crippen molar-refractivity contribution in [1.29, 1.82) is 0 Å². The molecule has 26 heavy (non-hydrogen) atoms. The van der Waals surface area contributed by atoms with Crippen LogP contribution < -0.4 is 19.6 Å². The fraction of sp³-hybridized carbons (Fsp3) is 0.350. The molecule has 0 bridgehead atoms. The Morgan fingerprint density at radius 1 is 1.04 bits per heavy atom. The zero-order chi connectivity index (χ0) is 18.9. The fourth-order valence-corrected chi connectivity index (χ4v) is 2.59. The van der Waals surface area contributed by atoms with Gasteiger partial charge in [-0.05, 0) is 54.8 Å². The van der Waals surface area contributed by atoms with Gasteiger partial charge in [0.05, 0.1) is 38.1 Å². The van der Waals surface area contributed by atoms with Gasteiger partial charge < -0.3 is 19.6 Å². The molecule has 0 aliphatic heterocycles. The molecule has 2 rings (SSSR count). The summed E-state index contributed by atoms with van der Waals surface area (Å²) in [7, 11) is 3.24. The van der Waals surface area contributed by atoms with Crippen molar-refractivity contribution >= 4 is 17.3 Å². The summed E-state index contributed by atoms with van der Waals surface area (Å²) in [5.41, 5.74) is 5.90. The Bertz CT molecular complexity index is 763. The summed E-state index contributed by atoms with van der Waals surface area (Å²) in [5.74, 6) is 2.10. The molecule has 0 amide bonds. The predicted molar refractivity (Wildman–Crippen MR) is 106 cm³/mol. The van der Waals surface area contributed by atoms with Crippen LogP contribution in [0.2, 0.25) is 5.02 Å². The second-order valence-electron chi connectivity index (χ2n) is 5.72. The summed E-state index contributed by atoms with van der Waals surface area (Å²) in [5, 5.41) is 5.00. The largest absolute Gasteiger partial charge is 0.493 e. The van der Waals surface area contributed by atoms with Crippen molar-refractivity contribution < 1.29 is 14.2 Å². The number of ether oxygens (including phenoxy) is 3. The van der Waals surface area contributed by atoms with E-state index in [0.717, 1.165) is 23.3 Å². The molecule has 0 aromatic heterocycles. The Labute approximate surface area is 159 Å². The van der Waals surface area contributed by atoms with E-state index in [2.05, 4.69) is 17.5 Å². The molecule has 0 heterocycles. The summed E-state index contributed by atoms with van der Waals surface area (Å²) in [6, 6.07) is 11.5. The Kier molecular flexibility index (Phi) is 7.60. The van der Waals surface area contributed by atoms with Gasteiger partial charge >= 0.3 is 0 Å². The van der Waals surface area contributed by atoms with Crippen LogP contribution in [0.1, 0.15) is 31.4 Å². The Morgan fingerprint density at radius 2 is 1.77 bits per heavy atom. The van der Waals surface area contributed by atoms with Crippen LogP contribution in [0.5, 0.6) is 17.2 Å². The summed E-state index contributed by atoms with van der Waals surface area (Å²) < 4.78 is 16.1. The minimum Gasteiger partial charge on any atom is -0.493 e. The van der Waals surface area contributed by atoms with Gasteiger partial charge in [0.25, 0.3) is 0 Å². The molecule has 6 heteroatoms. The van der Waals surface area contributed by atoms with E-state index < -0.39 is 0 Å². The highest BCUT2D eigenvalue weighted by Crippen LogP contribution is 2.28. The number of methoxy groups -OCH3 is 2. The van der Waals surface area contributed by atoms with Crippen molar-refractivity contribution in [2.24, 2.45) is 5.10 Å². The lowest BCUT2D eigenvalue weighted by atomic mass is 10.1. The number of nitrogens with one attached hydrogen (secondary N) is 1. The van der Waals surface area contributed by atoms with Crippen molar-refractivity contribution in [3.8, 4) is 17.2 Å². The minimum absolute atomic E-state index is 0.573. The van der Waals surface area contributed by atoms with Gasteiger partial charge in [-0.15, -0.1) is 0 Å². The van der Waals surface area contributed by atoms with E-state index in [1.807, 2.05) is 43.3 Å². The second-order valence-corrected chi connectivity index (χ2v) is 6.12. The summed E-state index contributed by atoms with van der Waals surface area (Å²) >= 11 is 6.27. The van der Waals surface area contributed by atoms with Gasteiger partial charge in [0.15, 0.2) is 11.5 Å². The van der Waals surface area contributed by atoms with Gasteiger partial charge in [-0.3, -0.25) is 0 Å². The zero-order valence-electron chi connectivity index (χ0n) is 15.6. The van der Waals surface area contributed by atoms with Crippen LogP contribution in [-0.4, -0.2) is 26.5 Å². The molecule has 2 aromatic carbocycles. The van der Waals surface area contributed by atoms with Crippen LogP contribution in [0.3, 0.4) is 0 Å². The fourth-order valence-electron chi connectivity index (χ4n) is 2.36. The third kappa shape index (κ3) is 5.30. The average Bonchev–Trinajstić information content (AvgIpc) is 2.66. The van der Waals surface area contributed by atoms with Crippen LogP contribution in [0.4, 0.5) is 0 Å². The summed E-state index contributed by atoms with van der Waals surface area (Å²) in [4.78, 5) is 0. The number of hydrogen-bond donors (Lipinski definition) is 1. The monoisotopic (exact) mass is 376 g/mol. The highest BCUT2D eigenvalue weighted by atomic mass is 35.5. The molecular formula is C20H25ClN2O3. The molecule has 0 fully saturated rings. The van der Waals surface area contributed by atoms with E-state index in [9.17, 15) is 0 Å². The summed E-state index contributed by atoms with van der Waals surface area (Å²) in [6.07, 6.45) is 0.943. The van der Waals surface area contributed by atoms with Crippen molar-refractivity contribution in [1.82, 2.24) is 5.43 Å². The van der Waals surface area contributed by atoms with Crippen LogP contribution in [0, 0.1) is 0 Å². The molecule has 0 spiro atoms. The van der Waals surface area contributed by atoms with Gasteiger partial charge in [-0.25, -0.2) is 0 Å². The molecule has 0 aliphatic rings. The van der Waals surface area contributed by atoms with Crippen LogP contribution in [0.25, 0.3) is 0 Å². The number of nitrogens with zero attached hydrogens (tertiary/aromatic N) is 1. The van der Waals surface area contributed by atoms with Gasteiger partial charge in [0, 0.05) is 0 Å². The highest BCUT2D eigenvalue weighted by molar-refractivity contribution is 6.32. The Hall–Kier alpha value is -2.40. The Balaban J connectivity index is 2.01. The quantitative estimate of drug-likeness (QED) is 0.510. The predicted octanol–water partition coefficient (Wildman–Crippen LogP) is 4.66. The van der Waals surface area contributed by atoms with E-state index in [1.54, 1.807) is 14.2 Å². The van der Waals surface area contributed by atoms with Gasteiger partial charge in [0.1, 0.15) is 5.75 Å². The number of hydrazone groups is 1. The lowest BCUT2D eigenvalue weighted by Crippen LogP contribution is -2.09. The smallest absolute Gasteiger partial charge is 0.161 e. The van der Waals surface area contributed by atoms with Gasteiger partial charge in [-0.1, -0.05) is 24.6 Å². The van der Waals surface area contributed by atoms with Gasteiger partial charge in [-0.2, -0.15) is 5.10 Å². The lowest BCUT2D eigenvalue weighted by molar-refractivity contribution is 0.317. The molecule has 5 nitrogen and oxygen atoms in total. The molecule has 0 saturated carbocycles. The number of hydrogen-bond acceptors (Lipinski definition) is 5. The first-order valence-electron chi connectivity index (χ1n) is 8.49. The average molecular weight is 377 g/mol. The van der Waals surface area contributed by atoms with Crippen molar-refractivity contribution in [3.63, 3.8) is 0 Å². The standard InChI is InChI=1S/C20H25ClN2O3/c1-5-10-26-18-9-7-16(12-17(18)21)14(2)23-22-13-15-6-8-19(24-3)20(11-15)25-4/h6-9,11-12,22H,5,10,13H2,1-4H3/b23-14-. The maximum atomic E-state index is 6.27. The molecule has 0 aliphatic carbocycles. The molecule has 1 N–H and O–H groups in total. The summed E-state index contributed by atoms with van der Waals surface area (Å²) in [6.45, 7) is 5.21. The topological polar surface area (TPSA) is 52.1 Å². The maximum Gasteiger partial charge on any atom is 0.161 e. The molecule has 0 saturated heterocycles. The first kappa shape index (κ1) is 19.9. The van der Waals surface area contributed by atoms with Crippen molar-refractivity contribution in [2.45, 2.75) is 26.8 Å². The highest BCUT2D eigenvalue weighted by Gasteiger charge is 2.06. The van der Waals surface area contributed by atoms with Crippen LogP contribution in [0.15, 0.2) is 41.5 Å². The minimum atomic E-state index is 0.573. The third-order valence-electron chi connectivity index (χ3n) is 3.79. The number of halogens is 1. The van der Waals surface area contributed by atoms with E-state index in [-0.39, 0.29) is 0 Å². The first-order chi connectivity index (χ1) is 12.6. The Morgan fingerprint density at radius 3 is 2.42 bits per heavy atom. The molecule has 2 aromatic rings. The SMILES string of the molecule is CCCOc1ccc(/C(C)=N\NCc2ccc(OC)c(OC)c2)cc1Cl. The van der Waals surface area contributed by atoms with Crippen molar-refractivity contribution in [3.05, 3.63) is 52.5 Å². The zero-order valence-corrected chi connectivity index (χ0v) is 16.4. The van der Waals surface area contributed by atoms with E-state index in [1.165, 1.54) is 0 Å². The van der Waals surface area contributed by atoms with E-state index in [4.69, 9.17) is 25.8 Å². The lowest BCUT2D eigenvalue weighted by Gasteiger charge is -2.10.